The lowest BCUT2D eigenvalue weighted by molar-refractivity contribution is -0.212. The van der Waals surface area contributed by atoms with E-state index in [-0.39, 0.29) is 12.8 Å². The van der Waals surface area contributed by atoms with Crippen LogP contribution in [0.15, 0.2) is 0 Å². The predicted molar refractivity (Wildman–Crippen MR) is 52.4 cm³/mol. The van der Waals surface area contributed by atoms with E-state index < -0.39 is 23.1 Å². The van der Waals surface area contributed by atoms with Gasteiger partial charge in [0.1, 0.15) is 0 Å². The van der Waals surface area contributed by atoms with Crippen LogP contribution in [0.25, 0.3) is 0 Å². The summed E-state index contributed by atoms with van der Waals surface area (Å²) in [5, 5.41) is 10.2. The summed E-state index contributed by atoms with van der Waals surface area (Å²) in [6.07, 6.45) is -3.23. The minimum atomic E-state index is -4.17. The molecule has 0 radical (unpaired) electrons. The lowest BCUT2D eigenvalue weighted by atomic mass is 9.65. The van der Waals surface area contributed by atoms with E-state index >= 15 is 0 Å². The fourth-order valence-corrected chi connectivity index (χ4v) is 2.21. The standard InChI is InChI=1S/C11H19F3O/c1-9(2,3)10(15)6-4-5-8(7-10)11(12,13)14/h8,15H,4-7H2,1-3H3. The highest BCUT2D eigenvalue weighted by molar-refractivity contribution is 4.96. The highest BCUT2D eigenvalue weighted by atomic mass is 19.4. The molecule has 1 rings (SSSR count). The monoisotopic (exact) mass is 224 g/mol. The summed E-state index contributed by atoms with van der Waals surface area (Å²) < 4.78 is 37.7. The Morgan fingerprint density at radius 2 is 1.73 bits per heavy atom. The molecule has 1 fully saturated rings. The number of halogens is 3. The van der Waals surface area contributed by atoms with Crippen molar-refractivity contribution in [3.63, 3.8) is 0 Å². The third-order valence-corrected chi connectivity index (χ3v) is 3.59. The molecule has 0 aromatic heterocycles. The van der Waals surface area contributed by atoms with E-state index in [9.17, 15) is 18.3 Å². The highest BCUT2D eigenvalue weighted by Gasteiger charge is 2.51. The van der Waals surface area contributed by atoms with Gasteiger partial charge in [0.15, 0.2) is 0 Å². The molecule has 4 heteroatoms. The first-order valence-corrected chi connectivity index (χ1v) is 5.35. The van der Waals surface area contributed by atoms with E-state index in [1.54, 1.807) is 20.8 Å². The maximum atomic E-state index is 12.6. The van der Waals surface area contributed by atoms with Gasteiger partial charge in [0, 0.05) is 0 Å². The molecular weight excluding hydrogens is 205 g/mol. The first-order chi connectivity index (χ1) is 6.56. The molecule has 15 heavy (non-hydrogen) atoms. The second-order valence-electron chi connectivity index (χ2n) is 5.62. The van der Waals surface area contributed by atoms with E-state index in [0.717, 1.165) is 0 Å². The number of hydrogen-bond donors (Lipinski definition) is 1. The zero-order valence-electron chi connectivity index (χ0n) is 9.49. The average Bonchev–Trinajstić information content (AvgIpc) is 2.00. The van der Waals surface area contributed by atoms with E-state index in [1.807, 2.05) is 0 Å². The highest BCUT2D eigenvalue weighted by Crippen LogP contribution is 2.48. The van der Waals surface area contributed by atoms with Crippen LogP contribution in [-0.4, -0.2) is 16.9 Å². The predicted octanol–water partition coefficient (Wildman–Crippen LogP) is 3.52. The van der Waals surface area contributed by atoms with Gasteiger partial charge in [-0.1, -0.05) is 20.8 Å². The quantitative estimate of drug-likeness (QED) is 0.667. The summed E-state index contributed by atoms with van der Waals surface area (Å²) in [5.74, 6) is -1.34. The van der Waals surface area contributed by atoms with Crippen molar-refractivity contribution in [2.75, 3.05) is 0 Å². The van der Waals surface area contributed by atoms with Gasteiger partial charge >= 0.3 is 6.18 Å². The molecule has 1 aliphatic carbocycles. The Balaban J connectivity index is 2.80. The smallest absolute Gasteiger partial charge is 0.389 e. The zero-order chi connectivity index (χ0) is 11.9. The summed E-state index contributed by atoms with van der Waals surface area (Å²) in [6, 6.07) is 0. The Hall–Kier alpha value is -0.250. The summed E-state index contributed by atoms with van der Waals surface area (Å²) in [7, 11) is 0. The van der Waals surface area contributed by atoms with Crippen molar-refractivity contribution in [1.29, 1.82) is 0 Å². The van der Waals surface area contributed by atoms with Gasteiger partial charge in [0.05, 0.1) is 11.5 Å². The molecule has 0 heterocycles. The van der Waals surface area contributed by atoms with Crippen LogP contribution < -0.4 is 0 Å². The van der Waals surface area contributed by atoms with Crippen LogP contribution in [0.5, 0.6) is 0 Å². The van der Waals surface area contributed by atoms with Crippen LogP contribution in [0.4, 0.5) is 13.2 Å². The summed E-state index contributed by atoms with van der Waals surface area (Å²) in [6.45, 7) is 5.39. The molecule has 2 unspecified atom stereocenters. The lowest BCUT2D eigenvalue weighted by Crippen LogP contribution is -2.49. The molecule has 1 aliphatic rings. The van der Waals surface area contributed by atoms with Gasteiger partial charge in [-0.15, -0.1) is 0 Å². The fourth-order valence-electron chi connectivity index (χ4n) is 2.21. The molecule has 0 saturated heterocycles. The average molecular weight is 224 g/mol. The SMILES string of the molecule is CC(C)(C)C1(O)CCCC(C(F)(F)F)C1. The van der Waals surface area contributed by atoms with Crippen molar-refractivity contribution in [3.05, 3.63) is 0 Å². The Bertz CT molecular complexity index is 229. The fraction of sp³-hybridized carbons (Fsp3) is 1.00. The molecule has 0 aromatic carbocycles. The van der Waals surface area contributed by atoms with Crippen LogP contribution in [0, 0.1) is 11.3 Å². The summed E-state index contributed by atoms with van der Waals surface area (Å²) in [4.78, 5) is 0. The first kappa shape index (κ1) is 12.8. The van der Waals surface area contributed by atoms with Gasteiger partial charge < -0.3 is 5.11 Å². The molecule has 0 aromatic rings. The van der Waals surface area contributed by atoms with Crippen molar-refractivity contribution in [2.45, 2.75) is 58.2 Å². The molecule has 90 valence electrons. The van der Waals surface area contributed by atoms with Crippen LogP contribution >= 0.6 is 0 Å². The van der Waals surface area contributed by atoms with E-state index in [1.165, 1.54) is 0 Å². The van der Waals surface area contributed by atoms with Crippen molar-refractivity contribution in [3.8, 4) is 0 Å². The maximum Gasteiger partial charge on any atom is 0.391 e. The minimum absolute atomic E-state index is 0.153. The maximum absolute atomic E-state index is 12.6. The van der Waals surface area contributed by atoms with Crippen LogP contribution in [0.1, 0.15) is 46.5 Å². The van der Waals surface area contributed by atoms with Gasteiger partial charge in [-0.05, 0) is 31.1 Å². The van der Waals surface area contributed by atoms with E-state index in [4.69, 9.17) is 0 Å². The number of alkyl halides is 3. The Morgan fingerprint density at radius 3 is 2.13 bits per heavy atom. The molecule has 2 atom stereocenters. The Labute approximate surface area is 88.7 Å². The second kappa shape index (κ2) is 3.65. The van der Waals surface area contributed by atoms with Crippen molar-refractivity contribution < 1.29 is 18.3 Å². The van der Waals surface area contributed by atoms with Crippen LogP contribution in [0.2, 0.25) is 0 Å². The number of hydrogen-bond acceptors (Lipinski definition) is 1. The molecule has 1 saturated carbocycles. The van der Waals surface area contributed by atoms with Gasteiger partial charge in [-0.3, -0.25) is 0 Å². The third-order valence-electron chi connectivity index (χ3n) is 3.59. The summed E-state index contributed by atoms with van der Waals surface area (Å²) >= 11 is 0. The minimum Gasteiger partial charge on any atom is -0.389 e. The van der Waals surface area contributed by atoms with Gasteiger partial charge in [0.25, 0.3) is 0 Å². The molecule has 0 aliphatic heterocycles. The topological polar surface area (TPSA) is 20.2 Å². The van der Waals surface area contributed by atoms with Gasteiger partial charge in [-0.25, -0.2) is 0 Å². The van der Waals surface area contributed by atoms with Crippen LogP contribution in [0.3, 0.4) is 0 Å². The van der Waals surface area contributed by atoms with Crippen molar-refractivity contribution in [1.82, 2.24) is 0 Å². The van der Waals surface area contributed by atoms with Crippen LogP contribution in [-0.2, 0) is 0 Å². The molecular formula is C11H19F3O. The zero-order valence-corrected chi connectivity index (χ0v) is 9.49. The number of aliphatic hydroxyl groups is 1. The van der Waals surface area contributed by atoms with Gasteiger partial charge in [-0.2, -0.15) is 13.2 Å². The second-order valence-corrected chi connectivity index (χ2v) is 5.62. The largest absolute Gasteiger partial charge is 0.391 e. The molecule has 1 N–H and O–H groups in total. The van der Waals surface area contributed by atoms with E-state index in [2.05, 4.69) is 0 Å². The third kappa shape index (κ3) is 2.65. The summed E-state index contributed by atoms with van der Waals surface area (Å²) in [5.41, 5.74) is -1.66. The molecule has 0 bridgehead atoms. The Morgan fingerprint density at radius 1 is 1.20 bits per heavy atom. The van der Waals surface area contributed by atoms with E-state index in [0.29, 0.717) is 12.8 Å². The normalized spacial score (nSPS) is 34.2. The van der Waals surface area contributed by atoms with Gasteiger partial charge in [0.2, 0.25) is 0 Å². The molecule has 0 amide bonds. The Kier molecular flexibility index (Phi) is 3.12. The number of rotatable bonds is 0. The van der Waals surface area contributed by atoms with Crippen molar-refractivity contribution >= 4 is 0 Å². The first-order valence-electron chi connectivity index (χ1n) is 5.35. The molecule has 0 spiro atoms. The lowest BCUT2D eigenvalue weighted by Gasteiger charge is -2.46. The molecule has 1 nitrogen and oxygen atoms in total. The van der Waals surface area contributed by atoms with Crippen molar-refractivity contribution in [2.24, 2.45) is 11.3 Å².